The third kappa shape index (κ3) is 2.16. The predicted molar refractivity (Wildman–Crippen MR) is 85.8 cm³/mol. The van der Waals surface area contributed by atoms with Crippen molar-refractivity contribution >= 4 is 21.5 Å². The van der Waals surface area contributed by atoms with Crippen molar-refractivity contribution in [2.45, 2.75) is 19.4 Å². The minimum absolute atomic E-state index is 0.360. The van der Waals surface area contributed by atoms with Crippen LogP contribution in [-0.4, -0.2) is 0 Å². The molecule has 0 aromatic heterocycles. The molecule has 0 atom stereocenters. The van der Waals surface area contributed by atoms with Gasteiger partial charge in [0.15, 0.2) is 0 Å². The van der Waals surface area contributed by atoms with E-state index in [1.54, 1.807) is 0 Å². The molecule has 0 aliphatic rings. The van der Waals surface area contributed by atoms with Crippen LogP contribution < -0.4 is 0 Å². The quantitative estimate of drug-likeness (QED) is 0.454. The zero-order valence-electron chi connectivity index (χ0n) is 11.9. The summed E-state index contributed by atoms with van der Waals surface area (Å²) < 4.78 is 5.62. The molecular formula is C19H18O. The fraction of sp³-hybridized carbons (Fsp3) is 0.158. The molecule has 0 amide bonds. The van der Waals surface area contributed by atoms with E-state index in [-0.39, 0.29) is 5.60 Å². The highest BCUT2D eigenvalue weighted by Crippen LogP contribution is 2.30. The van der Waals surface area contributed by atoms with Crippen molar-refractivity contribution in [3.8, 4) is 0 Å². The van der Waals surface area contributed by atoms with E-state index in [1.807, 2.05) is 0 Å². The second kappa shape index (κ2) is 4.68. The van der Waals surface area contributed by atoms with Gasteiger partial charge in [-0.3, -0.25) is 0 Å². The van der Waals surface area contributed by atoms with Gasteiger partial charge < -0.3 is 4.74 Å². The maximum Gasteiger partial charge on any atom is 0.127 e. The summed E-state index contributed by atoms with van der Waals surface area (Å²) in [5.74, 6) is 0. The van der Waals surface area contributed by atoms with E-state index in [0.717, 1.165) is 5.56 Å². The summed E-state index contributed by atoms with van der Waals surface area (Å²) in [5, 5.41) is 5.03. The first kappa shape index (κ1) is 12.7. The SMILES string of the molecule is C=COC(C)(C)c1ccc2cc3ccccc3cc2c1. The normalized spacial score (nSPS) is 11.7. The van der Waals surface area contributed by atoms with E-state index in [1.165, 1.54) is 27.8 Å². The summed E-state index contributed by atoms with van der Waals surface area (Å²) >= 11 is 0. The first-order valence-electron chi connectivity index (χ1n) is 6.82. The van der Waals surface area contributed by atoms with E-state index in [2.05, 4.69) is 75.0 Å². The maximum absolute atomic E-state index is 5.62. The molecule has 3 aromatic rings. The topological polar surface area (TPSA) is 9.23 Å². The van der Waals surface area contributed by atoms with Crippen LogP contribution in [0.2, 0.25) is 0 Å². The molecular weight excluding hydrogens is 244 g/mol. The van der Waals surface area contributed by atoms with Crippen LogP contribution in [0, 0.1) is 0 Å². The van der Waals surface area contributed by atoms with E-state index in [4.69, 9.17) is 4.74 Å². The Kier molecular flexibility index (Phi) is 2.98. The number of fused-ring (bicyclic) bond motifs is 2. The smallest absolute Gasteiger partial charge is 0.127 e. The Hall–Kier alpha value is -2.28. The van der Waals surface area contributed by atoms with Gasteiger partial charge in [-0.1, -0.05) is 43.0 Å². The Bertz CT molecular complexity index is 784. The summed E-state index contributed by atoms with van der Waals surface area (Å²) in [6.07, 6.45) is 1.50. The molecule has 0 saturated carbocycles. The standard InChI is InChI=1S/C19H18O/c1-4-20-19(2,3)18-10-9-16-11-14-7-5-6-8-15(14)12-17(16)13-18/h4-13H,1H2,2-3H3. The lowest BCUT2D eigenvalue weighted by molar-refractivity contribution is 0.0561. The first-order chi connectivity index (χ1) is 9.60. The fourth-order valence-corrected chi connectivity index (χ4v) is 2.59. The number of benzene rings is 3. The molecule has 0 spiro atoms. The average Bonchev–Trinajstić information content (AvgIpc) is 2.44. The molecule has 1 nitrogen and oxygen atoms in total. The highest BCUT2D eigenvalue weighted by atomic mass is 16.5. The second-order valence-electron chi connectivity index (χ2n) is 5.56. The van der Waals surface area contributed by atoms with Crippen LogP contribution in [0.25, 0.3) is 21.5 Å². The molecule has 0 bridgehead atoms. The summed E-state index contributed by atoms with van der Waals surface area (Å²) in [4.78, 5) is 0. The molecule has 3 rings (SSSR count). The van der Waals surface area contributed by atoms with Gasteiger partial charge in [0.2, 0.25) is 0 Å². The van der Waals surface area contributed by atoms with E-state index in [0.29, 0.717) is 0 Å². The molecule has 1 heteroatoms. The molecule has 20 heavy (non-hydrogen) atoms. The van der Waals surface area contributed by atoms with Crippen LogP contribution in [0.15, 0.2) is 67.4 Å². The average molecular weight is 262 g/mol. The van der Waals surface area contributed by atoms with E-state index < -0.39 is 0 Å². The van der Waals surface area contributed by atoms with Crippen LogP contribution in [0.3, 0.4) is 0 Å². The van der Waals surface area contributed by atoms with Crippen LogP contribution in [0.4, 0.5) is 0 Å². The van der Waals surface area contributed by atoms with Crippen molar-refractivity contribution in [2.24, 2.45) is 0 Å². The number of rotatable bonds is 3. The van der Waals surface area contributed by atoms with Crippen molar-refractivity contribution in [3.05, 3.63) is 73.0 Å². The molecule has 100 valence electrons. The number of hydrogen-bond donors (Lipinski definition) is 0. The van der Waals surface area contributed by atoms with Gasteiger partial charge in [-0.05, 0) is 59.2 Å². The molecule has 0 aliphatic heterocycles. The highest BCUT2D eigenvalue weighted by molar-refractivity contribution is 5.98. The Balaban J connectivity index is 2.20. The van der Waals surface area contributed by atoms with Gasteiger partial charge in [-0.25, -0.2) is 0 Å². The van der Waals surface area contributed by atoms with Gasteiger partial charge >= 0.3 is 0 Å². The lowest BCUT2D eigenvalue weighted by Gasteiger charge is -2.25. The lowest BCUT2D eigenvalue weighted by atomic mass is 9.94. The highest BCUT2D eigenvalue weighted by Gasteiger charge is 2.20. The van der Waals surface area contributed by atoms with Crippen LogP contribution >= 0.6 is 0 Å². The molecule has 0 fully saturated rings. The molecule has 0 N–H and O–H groups in total. The first-order valence-corrected chi connectivity index (χ1v) is 6.82. The molecule has 0 unspecified atom stereocenters. The van der Waals surface area contributed by atoms with Crippen molar-refractivity contribution < 1.29 is 4.74 Å². The van der Waals surface area contributed by atoms with Gasteiger partial charge in [-0.2, -0.15) is 0 Å². The van der Waals surface area contributed by atoms with Gasteiger partial charge in [0, 0.05) is 0 Å². The summed E-state index contributed by atoms with van der Waals surface area (Å²) in [7, 11) is 0. The number of hydrogen-bond acceptors (Lipinski definition) is 1. The van der Waals surface area contributed by atoms with Gasteiger partial charge in [0.25, 0.3) is 0 Å². The minimum atomic E-state index is -0.360. The molecule has 0 heterocycles. The van der Waals surface area contributed by atoms with Crippen LogP contribution in [0.5, 0.6) is 0 Å². The van der Waals surface area contributed by atoms with E-state index >= 15 is 0 Å². The molecule has 0 saturated heterocycles. The Labute approximate surface area is 119 Å². The summed E-state index contributed by atoms with van der Waals surface area (Å²) in [6.45, 7) is 7.76. The van der Waals surface area contributed by atoms with Crippen molar-refractivity contribution in [1.82, 2.24) is 0 Å². The number of ether oxygens (including phenoxy) is 1. The van der Waals surface area contributed by atoms with Crippen LogP contribution in [0.1, 0.15) is 19.4 Å². The summed E-state index contributed by atoms with van der Waals surface area (Å²) in [5.41, 5.74) is 0.793. The third-order valence-corrected chi connectivity index (χ3v) is 3.78. The van der Waals surface area contributed by atoms with Crippen molar-refractivity contribution in [3.63, 3.8) is 0 Å². The predicted octanol–water partition coefficient (Wildman–Crippen LogP) is 5.39. The maximum atomic E-state index is 5.62. The molecule has 3 aromatic carbocycles. The Morgan fingerprint density at radius 1 is 0.850 bits per heavy atom. The Morgan fingerprint density at radius 2 is 1.45 bits per heavy atom. The van der Waals surface area contributed by atoms with Crippen molar-refractivity contribution in [2.75, 3.05) is 0 Å². The van der Waals surface area contributed by atoms with Gasteiger partial charge in [-0.15, -0.1) is 0 Å². The minimum Gasteiger partial charge on any atom is -0.491 e. The van der Waals surface area contributed by atoms with Crippen molar-refractivity contribution in [1.29, 1.82) is 0 Å². The molecule has 0 radical (unpaired) electrons. The monoisotopic (exact) mass is 262 g/mol. The Morgan fingerprint density at radius 3 is 2.10 bits per heavy atom. The van der Waals surface area contributed by atoms with Gasteiger partial charge in [0.1, 0.15) is 5.60 Å². The fourth-order valence-electron chi connectivity index (χ4n) is 2.59. The lowest BCUT2D eigenvalue weighted by Crippen LogP contribution is -2.18. The third-order valence-electron chi connectivity index (χ3n) is 3.78. The largest absolute Gasteiger partial charge is 0.491 e. The van der Waals surface area contributed by atoms with Crippen LogP contribution in [-0.2, 0) is 10.3 Å². The zero-order valence-corrected chi connectivity index (χ0v) is 11.9. The molecule has 0 aliphatic carbocycles. The summed E-state index contributed by atoms with van der Waals surface area (Å²) in [6, 6.07) is 19.4. The second-order valence-corrected chi connectivity index (χ2v) is 5.56. The van der Waals surface area contributed by atoms with E-state index in [9.17, 15) is 0 Å². The zero-order chi connectivity index (χ0) is 14.2. The van der Waals surface area contributed by atoms with Gasteiger partial charge in [0.05, 0.1) is 6.26 Å².